The fraction of sp³-hybridized carbons (Fsp3) is 0. The van der Waals surface area contributed by atoms with Crippen LogP contribution in [0, 0.1) is 0 Å². The Morgan fingerprint density at radius 1 is 0.250 bits per heavy atom. The highest BCUT2D eigenvalue weighted by Crippen LogP contribution is 2.40. The molecule has 0 saturated carbocycles. The van der Waals surface area contributed by atoms with E-state index in [1.165, 1.54) is 0 Å². The Labute approximate surface area is 282 Å². The van der Waals surface area contributed by atoms with Gasteiger partial charge in [-0.1, -0.05) is 84.9 Å². The van der Waals surface area contributed by atoms with E-state index in [1.807, 2.05) is 36.4 Å². The molecule has 0 fully saturated rings. The molecule has 0 radical (unpaired) electrons. The van der Waals surface area contributed by atoms with E-state index >= 15 is 0 Å². The number of anilines is 9. The smallest absolute Gasteiger partial charge is 0.423 e. The summed E-state index contributed by atoms with van der Waals surface area (Å²) in [6.07, 6.45) is 0. The monoisotopic (exact) mass is 623 g/mol. The molecule has 7 aromatic carbocycles. The number of nitrogens with zero attached hydrogens (tertiary/aromatic N) is 3. The number of hydrogen-bond donors (Lipinski definition) is 2. The second kappa shape index (κ2) is 14.1. The first kappa shape index (κ1) is 30.6. The molecular weight excluding hydrogens is 589 g/mol. The van der Waals surface area contributed by atoms with Gasteiger partial charge in [-0.25, -0.2) is 0 Å². The van der Waals surface area contributed by atoms with E-state index in [-0.39, 0.29) is 0 Å². The van der Waals surface area contributed by atoms with Crippen LogP contribution in [0.15, 0.2) is 194 Å². The van der Waals surface area contributed by atoms with Crippen LogP contribution in [0.2, 0.25) is 0 Å². The summed E-state index contributed by atoms with van der Waals surface area (Å²) in [7, 11) is -1.53. The van der Waals surface area contributed by atoms with Gasteiger partial charge in [0, 0.05) is 51.2 Å². The van der Waals surface area contributed by atoms with E-state index in [0.29, 0.717) is 5.46 Å². The van der Waals surface area contributed by atoms with Crippen molar-refractivity contribution < 1.29 is 10.0 Å². The molecule has 2 N–H and O–H groups in total. The summed E-state index contributed by atoms with van der Waals surface area (Å²) in [5, 5.41) is 19.5. The lowest BCUT2D eigenvalue weighted by molar-refractivity contribution is 0.426. The normalized spacial score (nSPS) is 10.7. The van der Waals surface area contributed by atoms with Crippen molar-refractivity contribution >= 4 is 63.8 Å². The van der Waals surface area contributed by atoms with Crippen molar-refractivity contribution in [1.29, 1.82) is 0 Å². The van der Waals surface area contributed by atoms with Crippen LogP contribution in [0.3, 0.4) is 0 Å². The van der Waals surface area contributed by atoms with Crippen LogP contribution in [0.5, 0.6) is 0 Å². The van der Waals surface area contributed by atoms with Gasteiger partial charge in [0.05, 0.1) is 0 Å². The van der Waals surface area contributed by atoms with Crippen molar-refractivity contribution in [1.82, 2.24) is 0 Å². The van der Waals surface area contributed by atoms with Crippen molar-refractivity contribution in [3.63, 3.8) is 0 Å². The molecule has 0 atom stereocenters. The topological polar surface area (TPSA) is 50.2 Å². The number of para-hydroxylation sites is 4. The molecule has 6 heteroatoms. The maximum absolute atomic E-state index is 9.76. The Hall–Kier alpha value is -6.08. The van der Waals surface area contributed by atoms with Gasteiger partial charge in [-0.05, 0) is 115 Å². The Balaban J connectivity index is 1.28. The minimum Gasteiger partial charge on any atom is -0.423 e. The zero-order chi connectivity index (χ0) is 32.7. The van der Waals surface area contributed by atoms with Crippen LogP contribution in [-0.2, 0) is 0 Å². The summed E-state index contributed by atoms with van der Waals surface area (Å²) in [6.45, 7) is 0. The standard InChI is InChI=1S/C42H34BN3O2/c47-43(48)33-21-23-38(24-22-33)46(41-29-25-39(26-30-41)44(34-13-5-1-6-14-34)35-15-7-2-8-16-35)42-31-27-40(28-32-42)45(36-17-9-3-10-18-36)37-19-11-4-12-20-37/h1-32,47-48H. The molecule has 0 amide bonds. The first-order chi connectivity index (χ1) is 23.7. The molecule has 0 saturated heterocycles. The quantitative estimate of drug-likeness (QED) is 0.149. The maximum atomic E-state index is 9.76. The van der Waals surface area contributed by atoms with E-state index in [2.05, 4.69) is 160 Å². The highest BCUT2D eigenvalue weighted by Gasteiger charge is 2.18. The molecule has 0 unspecified atom stereocenters. The minimum atomic E-state index is -1.53. The van der Waals surface area contributed by atoms with Crippen molar-refractivity contribution in [2.24, 2.45) is 0 Å². The van der Waals surface area contributed by atoms with E-state index in [9.17, 15) is 10.0 Å². The average Bonchev–Trinajstić information content (AvgIpc) is 3.15. The Kier molecular flexibility index (Phi) is 9.01. The van der Waals surface area contributed by atoms with Crippen molar-refractivity contribution in [2.75, 3.05) is 14.7 Å². The highest BCUT2D eigenvalue weighted by molar-refractivity contribution is 6.58. The van der Waals surface area contributed by atoms with Crippen LogP contribution < -0.4 is 20.2 Å². The van der Waals surface area contributed by atoms with Crippen molar-refractivity contribution in [2.45, 2.75) is 0 Å². The van der Waals surface area contributed by atoms with Crippen LogP contribution in [-0.4, -0.2) is 17.2 Å². The first-order valence-electron chi connectivity index (χ1n) is 15.9. The molecular formula is C42H34BN3O2. The molecule has 0 aliphatic rings. The van der Waals surface area contributed by atoms with Gasteiger partial charge in [-0.3, -0.25) is 0 Å². The van der Waals surface area contributed by atoms with E-state index < -0.39 is 7.12 Å². The van der Waals surface area contributed by atoms with Gasteiger partial charge >= 0.3 is 7.12 Å². The summed E-state index contributed by atoms with van der Waals surface area (Å²) >= 11 is 0. The van der Waals surface area contributed by atoms with Crippen LogP contribution >= 0.6 is 0 Å². The number of benzene rings is 7. The lowest BCUT2D eigenvalue weighted by Gasteiger charge is -2.29. The van der Waals surface area contributed by atoms with Gasteiger partial charge in [-0.2, -0.15) is 0 Å². The third kappa shape index (κ3) is 6.57. The summed E-state index contributed by atoms with van der Waals surface area (Å²) < 4.78 is 0. The molecule has 7 rings (SSSR count). The van der Waals surface area contributed by atoms with Gasteiger partial charge in [0.25, 0.3) is 0 Å². The Morgan fingerprint density at radius 3 is 0.646 bits per heavy atom. The van der Waals surface area contributed by atoms with Gasteiger partial charge in [0.1, 0.15) is 0 Å². The van der Waals surface area contributed by atoms with Gasteiger partial charge in [-0.15, -0.1) is 0 Å². The zero-order valence-corrected chi connectivity index (χ0v) is 26.3. The molecule has 0 heterocycles. The van der Waals surface area contributed by atoms with Crippen LogP contribution in [0.1, 0.15) is 0 Å². The average molecular weight is 624 g/mol. The lowest BCUT2D eigenvalue weighted by atomic mass is 9.80. The second-order valence-electron chi connectivity index (χ2n) is 11.3. The van der Waals surface area contributed by atoms with Crippen molar-refractivity contribution in [3.8, 4) is 0 Å². The molecule has 0 spiro atoms. The first-order valence-corrected chi connectivity index (χ1v) is 15.9. The van der Waals surface area contributed by atoms with Crippen LogP contribution in [0.25, 0.3) is 0 Å². The van der Waals surface area contributed by atoms with E-state index in [1.54, 1.807) is 12.1 Å². The van der Waals surface area contributed by atoms with Crippen LogP contribution in [0.4, 0.5) is 51.2 Å². The van der Waals surface area contributed by atoms with E-state index in [4.69, 9.17) is 0 Å². The number of rotatable bonds is 10. The molecule has 0 bridgehead atoms. The largest absolute Gasteiger partial charge is 0.488 e. The fourth-order valence-corrected chi connectivity index (χ4v) is 5.95. The number of hydrogen-bond acceptors (Lipinski definition) is 5. The molecule has 0 aromatic heterocycles. The SMILES string of the molecule is OB(O)c1ccc(N(c2ccc(N(c3ccccc3)c3ccccc3)cc2)c2ccc(N(c3ccccc3)c3ccccc3)cc2)cc1. The second-order valence-corrected chi connectivity index (χ2v) is 11.3. The van der Waals surface area contributed by atoms with E-state index in [0.717, 1.165) is 51.2 Å². The summed E-state index contributed by atoms with van der Waals surface area (Å²) in [5.41, 5.74) is 9.62. The summed E-state index contributed by atoms with van der Waals surface area (Å²) in [6, 6.07) is 65.7. The molecule has 7 aromatic rings. The predicted octanol–water partition coefficient (Wildman–Crippen LogP) is 9.78. The van der Waals surface area contributed by atoms with Gasteiger partial charge in [0.15, 0.2) is 0 Å². The van der Waals surface area contributed by atoms with Gasteiger partial charge < -0.3 is 24.7 Å². The Morgan fingerprint density at radius 2 is 0.438 bits per heavy atom. The van der Waals surface area contributed by atoms with Gasteiger partial charge in [0.2, 0.25) is 0 Å². The summed E-state index contributed by atoms with van der Waals surface area (Å²) in [5.74, 6) is 0. The minimum absolute atomic E-state index is 0.437. The highest BCUT2D eigenvalue weighted by atomic mass is 16.4. The molecule has 0 aliphatic heterocycles. The molecule has 48 heavy (non-hydrogen) atoms. The molecule has 0 aliphatic carbocycles. The molecule has 5 nitrogen and oxygen atoms in total. The predicted molar refractivity (Wildman–Crippen MR) is 200 cm³/mol. The maximum Gasteiger partial charge on any atom is 0.488 e. The Bertz CT molecular complexity index is 1820. The lowest BCUT2D eigenvalue weighted by Crippen LogP contribution is -2.29. The van der Waals surface area contributed by atoms with Crippen molar-refractivity contribution in [3.05, 3.63) is 194 Å². The fourth-order valence-electron chi connectivity index (χ4n) is 5.95. The zero-order valence-electron chi connectivity index (χ0n) is 26.3. The third-order valence-corrected chi connectivity index (χ3v) is 8.24. The third-order valence-electron chi connectivity index (χ3n) is 8.24. The molecule has 232 valence electrons. The summed E-state index contributed by atoms with van der Waals surface area (Å²) in [4.78, 5) is 6.65.